The van der Waals surface area contributed by atoms with Crippen LogP contribution >= 0.6 is 11.3 Å². The van der Waals surface area contributed by atoms with Gasteiger partial charge in [0.15, 0.2) is 0 Å². The fourth-order valence-corrected chi connectivity index (χ4v) is 2.99. The molecule has 2 N–H and O–H groups in total. The lowest BCUT2D eigenvalue weighted by Gasteiger charge is -2.18. The van der Waals surface area contributed by atoms with Gasteiger partial charge in [-0.25, -0.2) is 4.98 Å². The molecular formula is C16H22N2S. The summed E-state index contributed by atoms with van der Waals surface area (Å²) in [4.78, 5) is 4.66. The van der Waals surface area contributed by atoms with Crippen LogP contribution in [0.25, 0.3) is 11.3 Å². The number of hydrogen-bond acceptors (Lipinski definition) is 3. The number of anilines is 1. The minimum absolute atomic E-state index is 0.180. The van der Waals surface area contributed by atoms with Gasteiger partial charge in [0, 0.05) is 5.56 Å². The molecular weight excluding hydrogens is 252 g/mol. The van der Waals surface area contributed by atoms with Crippen molar-refractivity contribution in [1.82, 2.24) is 4.98 Å². The molecule has 0 spiro atoms. The SMILES string of the molecule is CCCc1nc(-c2ccc(C(C)(C)C)cc2)c(N)s1. The van der Waals surface area contributed by atoms with Crippen molar-refractivity contribution in [2.45, 2.75) is 46.0 Å². The van der Waals surface area contributed by atoms with Crippen LogP contribution in [0.5, 0.6) is 0 Å². The van der Waals surface area contributed by atoms with E-state index in [1.54, 1.807) is 11.3 Å². The number of aromatic nitrogens is 1. The highest BCUT2D eigenvalue weighted by Gasteiger charge is 2.15. The van der Waals surface area contributed by atoms with Crippen molar-refractivity contribution in [3.05, 3.63) is 34.8 Å². The number of hydrogen-bond donors (Lipinski definition) is 1. The van der Waals surface area contributed by atoms with Crippen molar-refractivity contribution < 1.29 is 0 Å². The summed E-state index contributed by atoms with van der Waals surface area (Å²) in [6.45, 7) is 8.82. The molecule has 0 aliphatic rings. The molecule has 3 heteroatoms. The molecule has 2 aromatic rings. The van der Waals surface area contributed by atoms with Crippen molar-refractivity contribution in [1.29, 1.82) is 0 Å². The lowest BCUT2D eigenvalue weighted by Crippen LogP contribution is -2.10. The molecule has 1 heterocycles. The maximum absolute atomic E-state index is 6.08. The van der Waals surface area contributed by atoms with Crippen LogP contribution in [0, 0.1) is 0 Å². The van der Waals surface area contributed by atoms with E-state index in [1.165, 1.54) is 5.56 Å². The summed E-state index contributed by atoms with van der Waals surface area (Å²) in [6, 6.07) is 8.60. The molecule has 0 saturated heterocycles. The topological polar surface area (TPSA) is 38.9 Å². The Morgan fingerprint density at radius 2 is 1.79 bits per heavy atom. The zero-order chi connectivity index (χ0) is 14.0. The van der Waals surface area contributed by atoms with E-state index in [2.05, 4.69) is 56.9 Å². The molecule has 0 aliphatic carbocycles. The third kappa shape index (κ3) is 3.16. The minimum Gasteiger partial charge on any atom is -0.389 e. The summed E-state index contributed by atoms with van der Waals surface area (Å²) in [7, 11) is 0. The Labute approximate surface area is 119 Å². The second kappa shape index (κ2) is 5.33. The van der Waals surface area contributed by atoms with Gasteiger partial charge in [0.1, 0.15) is 10.7 Å². The Hall–Kier alpha value is -1.35. The molecule has 2 nitrogen and oxygen atoms in total. The van der Waals surface area contributed by atoms with Crippen LogP contribution in [0.3, 0.4) is 0 Å². The van der Waals surface area contributed by atoms with Gasteiger partial charge in [-0.05, 0) is 23.8 Å². The molecule has 0 fully saturated rings. The standard InChI is InChI=1S/C16H22N2S/c1-5-6-13-18-14(15(17)19-13)11-7-9-12(10-8-11)16(2,3)4/h7-10H,5-6,17H2,1-4H3. The van der Waals surface area contributed by atoms with E-state index < -0.39 is 0 Å². The highest BCUT2D eigenvalue weighted by atomic mass is 32.1. The lowest BCUT2D eigenvalue weighted by atomic mass is 9.86. The minimum atomic E-state index is 0.180. The Kier molecular flexibility index (Phi) is 3.95. The smallest absolute Gasteiger partial charge is 0.114 e. The summed E-state index contributed by atoms with van der Waals surface area (Å²) in [6.07, 6.45) is 2.12. The maximum atomic E-state index is 6.08. The molecule has 19 heavy (non-hydrogen) atoms. The van der Waals surface area contributed by atoms with E-state index in [4.69, 9.17) is 5.73 Å². The van der Waals surface area contributed by atoms with Crippen LogP contribution < -0.4 is 5.73 Å². The van der Waals surface area contributed by atoms with Crippen LogP contribution in [0.15, 0.2) is 24.3 Å². The summed E-state index contributed by atoms with van der Waals surface area (Å²) in [5.74, 6) is 0. The molecule has 0 saturated carbocycles. The predicted molar refractivity (Wildman–Crippen MR) is 84.7 cm³/mol. The first kappa shape index (κ1) is 14.1. The normalized spacial score (nSPS) is 11.8. The molecule has 0 atom stereocenters. The Morgan fingerprint density at radius 3 is 2.32 bits per heavy atom. The highest BCUT2D eigenvalue weighted by molar-refractivity contribution is 7.16. The Balaban J connectivity index is 2.32. The molecule has 1 aromatic carbocycles. The predicted octanol–water partition coefficient (Wildman–Crippen LogP) is 4.64. The number of benzene rings is 1. The van der Waals surface area contributed by atoms with Crippen LogP contribution in [-0.4, -0.2) is 4.98 Å². The molecule has 0 radical (unpaired) electrons. The van der Waals surface area contributed by atoms with Gasteiger partial charge in [-0.2, -0.15) is 0 Å². The van der Waals surface area contributed by atoms with E-state index in [0.717, 1.165) is 34.1 Å². The van der Waals surface area contributed by atoms with Crippen LogP contribution in [-0.2, 0) is 11.8 Å². The Morgan fingerprint density at radius 1 is 1.16 bits per heavy atom. The summed E-state index contributed by atoms with van der Waals surface area (Å²) >= 11 is 1.61. The zero-order valence-electron chi connectivity index (χ0n) is 12.2. The summed E-state index contributed by atoms with van der Waals surface area (Å²) in [5, 5.41) is 1.96. The van der Waals surface area contributed by atoms with Crippen molar-refractivity contribution in [2.24, 2.45) is 0 Å². The quantitative estimate of drug-likeness (QED) is 0.885. The number of aryl methyl sites for hydroxylation is 1. The fraction of sp³-hybridized carbons (Fsp3) is 0.438. The second-order valence-electron chi connectivity index (χ2n) is 5.90. The second-order valence-corrected chi connectivity index (χ2v) is 7.01. The molecule has 0 amide bonds. The van der Waals surface area contributed by atoms with Crippen LogP contribution in [0.4, 0.5) is 5.00 Å². The first-order valence-electron chi connectivity index (χ1n) is 6.78. The first-order chi connectivity index (χ1) is 8.91. The van der Waals surface area contributed by atoms with Gasteiger partial charge in [0.2, 0.25) is 0 Å². The average Bonchev–Trinajstić information content (AvgIpc) is 2.70. The van der Waals surface area contributed by atoms with Gasteiger partial charge in [-0.3, -0.25) is 0 Å². The number of thiazole rings is 1. The van der Waals surface area contributed by atoms with Crippen molar-refractivity contribution >= 4 is 16.3 Å². The number of rotatable bonds is 3. The molecule has 2 rings (SSSR count). The van der Waals surface area contributed by atoms with Crippen molar-refractivity contribution in [2.75, 3.05) is 5.73 Å². The first-order valence-corrected chi connectivity index (χ1v) is 7.59. The average molecular weight is 274 g/mol. The van der Waals surface area contributed by atoms with Gasteiger partial charge in [0.25, 0.3) is 0 Å². The van der Waals surface area contributed by atoms with E-state index in [1.807, 2.05) is 0 Å². The molecule has 0 aliphatic heterocycles. The van der Waals surface area contributed by atoms with E-state index in [-0.39, 0.29) is 5.41 Å². The Bertz CT molecular complexity index is 547. The summed E-state index contributed by atoms with van der Waals surface area (Å²) < 4.78 is 0. The number of nitrogens with zero attached hydrogens (tertiary/aromatic N) is 1. The van der Waals surface area contributed by atoms with E-state index in [9.17, 15) is 0 Å². The van der Waals surface area contributed by atoms with Gasteiger partial charge in [0.05, 0.1) is 5.01 Å². The fourth-order valence-electron chi connectivity index (χ4n) is 2.03. The maximum Gasteiger partial charge on any atom is 0.114 e. The van der Waals surface area contributed by atoms with Gasteiger partial charge < -0.3 is 5.73 Å². The highest BCUT2D eigenvalue weighted by Crippen LogP contribution is 2.32. The van der Waals surface area contributed by atoms with Crippen LogP contribution in [0.1, 0.15) is 44.7 Å². The third-order valence-corrected chi connectivity index (χ3v) is 4.13. The third-order valence-electron chi connectivity index (χ3n) is 3.19. The molecule has 1 aromatic heterocycles. The van der Waals surface area contributed by atoms with Gasteiger partial charge in [-0.15, -0.1) is 11.3 Å². The lowest BCUT2D eigenvalue weighted by molar-refractivity contribution is 0.590. The van der Waals surface area contributed by atoms with Crippen molar-refractivity contribution in [3.63, 3.8) is 0 Å². The largest absolute Gasteiger partial charge is 0.389 e. The van der Waals surface area contributed by atoms with Gasteiger partial charge >= 0.3 is 0 Å². The molecule has 102 valence electrons. The molecule has 0 bridgehead atoms. The van der Waals surface area contributed by atoms with E-state index >= 15 is 0 Å². The van der Waals surface area contributed by atoms with E-state index in [0.29, 0.717) is 0 Å². The van der Waals surface area contributed by atoms with Crippen LogP contribution in [0.2, 0.25) is 0 Å². The monoisotopic (exact) mass is 274 g/mol. The number of nitrogen functional groups attached to an aromatic ring is 1. The van der Waals surface area contributed by atoms with Gasteiger partial charge in [-0.1, -0.05) is 52.0 Å². The zero-order valence-corrected chi connectivity index (χ0v) is 13.0. The number of nitrogens with two attached hydrogens (primary N) is 1. The summed E-state index contributed by atoms with van der Waals surface area (Å²) in [5.41, 5.74) is 9.65. The molecule has 0 unspecified atom stereocenters. The van der Waals surface area contributed by atoms with Crippen molar-refractivity contribution in [3.8, 4) is 11.3 Å².